The third-order valence-electron chi connectivity index (χ3n) is 6.98. The summed E-state index contributed by atoms with van der Waals surface area (Å²) in [5.74, 6) is 1.79. The van der Waals surface area contributed by atoms with Gasteiger partial charge in [0.2, 0.25) is 0 Å². The van der Waals surface area contributed by atoms with Crippen molar-refractivity contribution in [2.24, 2.45) is 0 Å². The van der Waals surface area contributed by atoms with E-state index in [1.54, 1.807) is 0 Å². The molecule has 0 aromatic heterocycles. The van der Waals surface area contributed by atoms with Crippen LogP contribution in [0.15, 0.2) is 115 Å². The Bertz CT molecular complexity index is 1660. The van der Waals surface area contributed by atoms with E-state index in [1.807, 2.05) is 60.7 Å². The van der Waals surface area contributed by atoms with Crippen molar-refractivity contribution in [3.05, 3.63) is 121 Å². The van der Waals surface area contributed by atoms with Gasteiger partial charge in [-0.25, -0.2) is 0 Å². The lowest BCUT2D eigenvalue weighted by Crippen LogP contribution is -2.59. The minimum atomic E-state index is 0.0950. The number of benzene rings is 5. The molecular weight excluding hydrogens is 427 g/mol. The van der Waals surface area contributed by atoms with E-state index in [0.29, 0.717) is 5.56 Å². The molecule has 35 heavy (non-hydrogen) atoms. The maximum Gasteiger partial charge on any atom is 0.256 e. The van der Waals surface area contributed by atoms with E-state index in [2.05, 4.69) is 65.6 Å². The number of para-hydroxylation sites is 2. The molecule has 0 radical (unpaired) electrons. The number of fused-ring (bicyclic) bond motifs is 4. The van der Waals surface area contributed by atoms with Gasteiger partial charge in [0.1, 0.15) is 11.5 Å². The second-order valence-electron chi connectivity index (χ2n) is 8.86. The molecule has 0 saturated carbocycles. The first-order valence-electron chi connectivity index (χ1n) is 11.7. The summed E-state index contributed by atoms with van der Waals surface area (Å²) in [6, 6.07) is 41.8. The number of hydrogen-bond donors (Lipinski definition) is 0. The number of rotatable bonds is 2. The van der Waals surface area contributed by atoms with Crippen LogP contribution < -0.4 is 26.0 Å². The van der Waals surface area contributed by atoms with Gasteiger partial charge in [-0.2, -0.15) is 5.26 Å². The highest BCUT2D eigenvalue weighted by Crippen LogP contribution is 2.41. The van der Waals surface area contributed by atoms with E-state index in [0.717, 1.165) is 45.2 Å². The minimum absolute atomic E-state index is 0.0950. The number of anilines is 3. The van der Waals surface area contributed by atoms with Crippen LogP contribution in [0, 0.1) is 11.3 Å². The lowest BCUT2D eigenvalue weighted by atomic mass is 9.34. The van der Waals surface area contributed by atoms with Crippen molar-refractivity contribution in [2.45, 2.75) is 0 Å². The van der Waals surface area contributed by atoms with E-state index in [9.17, 15) is 5.26 Å². The number of nitriles is 1. The van der Waals surface area contributed by atoms with Gasteiger partial charge in [-0.1, -0.05) is 78.9 Å². The van der Waals surface area contributed by atoms with Crippen LogP contribution in [-0.4, -0.2) is 6.71 Å². The summed E-state index contributed by atoms with van der Waals surface area (Å²) in [4.78, 5) is 2.26. The maximum atomic E-state index is 10.0. The molecule has 2 heterocycles. The van der Waals surface area contributed by atoms with Crippen LogP contribution in [-0.2, 0) is 0 Å². The minimum Gasteiger partial charge on any atom is -0.458 e. The van der Waals surface area contributed by atoms with Gasteiger partial charge in [0.15, 0.2) is 0 Å². The van der Waals surface area contributed by atoms with Gasteiger partial charge in [-0.3, -0.25) is 0 Å². The van der Waals surface area contributed by atoms with Crippen molar-refractivity contribution in [2.75, 3.05) is 4.90 Å². The fourth-order valence-electron chi connectivity index (χ4n) is 5.49. The highest BCUT2D eigenvalue weighted by Gasteiger charge is 2.41. The Labute approximate surface area is 204 Å². The normalized spacial score (nSPS) is 12.7. The van der Waals surface area contributed by atoms with Crippen LogP contribution in [0.4, 0.5) is 17.1 Å². The summed E-state index contributed by atoms with van der Waals surface area (Å²) in [5.41, 5.74) is 9.36. The van der Waals surface area contributed by atoms with E-state index in [4.69, 9.17) is 4.74 Å². The third-order valence-corrected chi connectivity index (χ3v) is 6.98. The van der Waals surface area contributed by atoms with Crippen LogP contribution in [0.1, 0.15) is 5.56 Å². The molecule has 0 saturated heterocycles. The monoisotopic (exact) mass is 446 g/mol. The van der Waals surface area contributed by atoms with E-state index < -0.39 is 0 Å². The number of nitrogens with zero attached hydrogens (tertiary/aromatic N) is 2. The van der Waals surface area contributed by atoms with Gasteiger partial charge in [-0.15, -0.1) is 0 Å². The predicted molar refractivity (Wildman–Crippen MR) is 142 cm³/mol. The Morgan fingerprint density at radius 2 is 1.37 bits per heavy atom. The molecule has 7 rings (SSSR count). The maximum absolute atomic E-state index is 10.0. The summed E-state index contributed by atoms with van der Waals surface area (Å²) in [6.07, 6.45) is 0. The smallest absolute Gasteiger partial charge is 0.256 e. The Kier molecular flexibility index (Phi) is 4.31. The largest absolute Gasteiger partial charge is 0.458 e. The highest BCUT2D eigenvalue weighted by atomic mass is 16.5. The topological polar surface area (TPSA) is 36.3 Å². The zero-order valence-corrected chi connectivity index (χ0v) is 18.8. The molecule has 162 valence electrons. The standard InChI is InChI=1S/C31H19BN2O/c33-20-22-19-23(17-18-24(22)21-9-2-1-3-10-21)34-27-13-6-4-11-25(27)32-26-12-5-7-15-29(26)35-30-16-8-14-28(34)31(30)32/h1-19H. The molecule has 2 aliphatic heterocycles. The first kappa shape index (κ1) is 19.7. The third kappa shape index (κ3) is 2.92. The zero-order valence-electron chi connectivity index (χ0n) is 18.8. The Morgan fingerprint density at radius 1 is 0.657 bits per heavy atom. The number of hydrogen-bond acceptors (Lipinski definition) is 3. The van der Waals surface area contributed by atoms with Crippen molar-refractivity contribution in [1.82, 2.24) is 0 Å². The molecule has 5 aromatic carbocycles. The molecule has 4 heteroatoms. The predicted octanol–water partition coefficient (Wildman–Crippen LogP) is 5.63. The molecule has 0 aliphatic carbocycles. The summed E-state index contributed by atoms with van der Waals surface area (Å²) in [6.45, 7) is 0.0950. The van der Waals surface area contributed by atoms with Crippen LogP contribution >= 0.6 is 0 Å². The summed E-state index contributed by atoms with van der Waals surface area (Å²) < 4.78 is 6.37. The van der Waals surface area contributed by atoms with Crippen molar-refractivity contribution in [3.63, 3.8) is 0 Å². The molecule has 0 bridgehead atoms. The Balaban J connectivity index is 1.46. The molecule has 0 atom stereocenters. The van der Waals surface area contributed by atoms with Gasteiger partial charge in [0.05, 0.1) is 11.6 Å². The van der Waals surface area contributed by atoms with Gasteiger partial charge >= 0.3 is 0 Å². The average Bonchev–Trinajstić information content (AvgIpc) is 2.93. The quantitative estimate of drug-likeness (QED) is 0.323. The summed E-state index contributed by atoms with van der Waals surface area (Å²) >= 11 is 0. The first-order valence-corrected chi connectivity index (χ1v) is 11.7. The van der Waals surface area contributed by atoms with Crippen LogP contribution in [0.5, 0.6) is 11.5 Å². The van der Waals surface area contributed by atoms with Crippen LogP contribution in [0.3, 0.4) is 0 Å². The molecule has 0 amide bonds. The molecular formula is C31H19BN2O. The fourth-order valence-corrected chi connectivity index (χ4v) is 5.49. The van der Waals surface area contributed by atoms with E-state index in [-0.39, 0.29) is 6.71 Å². The summed E-state index contributed by atoms with van der Waals surface area (Å²) in [5, 5.41) is 10.0. The van der Waals surface area contributed by atoms with Gasteiger partial charge in [-0.05, 0) is 63.9 Å². The van der Waals surface area contributed by atoms with E-state index >= 15 is 0 Å². The molecule has 0 unspecified atom stereocenters. The SMILES string of the molecule is N#Cc1cc(N2c3ccccc3B3c4ccccc4Oc4cccc2c43)ccc1-c1ccccc1. The van der Waals surface area contributed by atoms with Crippen molar-refractivity contribution in [3.8, 4) is 28.7 Å². The molecule has 3 nitrogen and oxygen atoms in total. The Morgan fingerprint density at radius 3 is 2.23 bits per heavy atom. The van der Waals surface area contributed by atoms with Crippen molar-refractivity contribution < 1.29 is 4.74 Å². The molecule has 0 N–H and O–H groups in total. The molecule has 5 aromatic rings. The van der Waals surface area contributed by atoms with Gasteiger partial charge in [0, 0.05) is 17.1 Å². The average molecular weight is 446 g/mol. The second kappa shape index (κ2) is 7.65. The van der Waals surface area contributed by atoms with Crippen molar-refractivity contribution >= 4 is 40.2 Å². The van der Waals surface area contributed by atoms with Crippen molar-refractivity contribution in [1.29, 1.82) is 5.26 Å². The second-order valence-corrected chi connectivity index (χ2v) is 8.86. The molecule has 0 fully saturated rings. The Hall–Kier alpha value is -4.75. The zero-order chi connectivity index (χ0) is 23.4. The fraction of sp³-hybridized carbons (Fsp3) is 0. The highest BCUT2D eigenvalue weighted by molar-refractivity contribution is 6.99. The van der Waals surface area contributed by atoms with Crippen LogP contribution in [0.2, 0.25) is 0 Å². The summed E-state index contributed by atoms with van der Waals surface area (Å²) in [7, 11) is 0. The first-order chi connectivity index (χ1) is 17.3. The number of ether oxygens (including phenoxy) is 1. The van der Waals surface area contributed by atoms with E-state index in [1.165, 1.54) is 10.9 Å². The lowest BCUT2D eigenvalue weighted by Gasteiger charge is -2.39. The van der Waals surface area contributed by atoms with Gasteiger partial charge in [0.25, 0.3) is 6.71 Å². The van der Waals surface area contributed by atoms with Gasteiger partial charge < -0.3 is 9.64 Å². The molecule has 0 spiro atoms. The molecule has 2 aliphatic rings. The van der Waals surface area contributed by atoms with Crippen LogP contribution in [0.25, 0.3) is 11.1 Å². The lowest BCUT2D eigenvalue weighted by molar-refractivity contribution is 0.487.